The summed E-state index contributed by atoms with van der Waals surface area (Å²) in [5, 5.41) is 11.0. The predicted molar refractivity (Wildman–Crippen MR) is 117 cm³/mol. The van der Waals surface area contributed by atoms with Crippen LogP contribution in [0.1, 0.15) is 43.0 Å². The maximum absolute atomic E-state index is 13.0. The van der Waals surface area contributed by atoms with Gasteiger partial charge in [-0.2, -0.15) is 0 Å². The zero-order valence-corrected chi connectivity index (χ0v) is 17.8. The first-order valence-electron chi connectivity index (χ1n) is 10.5. The summed E-state index contributed by atoms with van der Waals surface area (Å²) in [6.07, 6.45) is 4.04. The molecule has 1 aromatic heterocycles. The minimum Gasteiger partial charge on any atom is -0.507 e. The monoisotopic (exact) mass is 407 g/mol. The van der Waals surface area contributed by atoms with E-state index in [1.807, 2.05) is 25.1 Å². The lowest BCUT2D eigenvalue weighted by Crippen LogP contribution is -2.33. The van der Waals surface area contributed by atoms with Gasteiger partial charge in [0.1, 0.15) is 5.76 Å². The van der Waals surface area contributed by atoms with Crippen LogP contribution in [0.25, 0.3) is 5.76 Å². The standard InChI is InChI=1S/C24H29N3O3/c1-4-26(5-2)14-7-15-27-21(19-8-6-13-25-16-19)20(23(29)24(27)30)22(28)18-11-9-17(3)10-12-18/h6,8-13,16,21,28H,4-5,7,14-15H2,1-3H3/t21-/m0/s1. The number of nitrogens with zero attached hydrogens (tertiary/aromatic N) is 3. The summed E-state index contributed by atoms with van der Waals surface area (Å²) >= 11 is 0. The van der Waals surface area contributed by atoms with Crippen LogP contribution in [-0.4, -0.2) is 57.8 Å². The number of hydrogen-bond donors (Lipinski definition) is 1. The summed E-state index contributed by atoms with van der Waals surface area (Å²) in [7, 11) is 0. The van der Waals surface area contributed by atoms with Crippen molar-refractivity contribution in [3.63, 3.8) is 0 Å². The Hall–Kier alpha value is -2.99. The van der Waals surface area contributed by atoms with Gasteiger partial charge in [-0.15, -0.1) is 0 Å². The molecule has 1 fully saturated rings. The Kier molecular flexibility index (Phi) is 7.00. The molecule has 158 valence electrons. The number of amides is 1. The quantitative estimate of drug-likeness (QED) is 0.412. The SMILES string of the molecule is CCN(CC)CCCN1C(=O)C(=O)C(=C(O)c2ccc(C)cc2)[C@@H]1c1cccnc1. The van der Waals surface area contributed by atoms with E-state index >= 15 is 0 Å². The number of hydrogen-bond acceptors (Lipinski definition) is 5. The van der Waals surface area contributed by atoms with Crippen LogP contribution in [0.2, 0.25) is 0 Å². The summed E-state index contributed by atoms with van der Waals surface area (Å²) in [5.41, 5.74) is 2.41. The second-order valence-electron chi connectivity index (χ2n) is 7.53. The number of carbonyl (C=O) groups excluding carboxylic acids is 2. The van der Waals surface area contributed by atoms with Gasteiger partial charge >= 0.3 is 0 Å². The third-order valence-electron chi connectivity index (χ3n) is 5.63. The highest BCUT2D eigenvalue weighted by atomic mass is 16.3. The summed E-state index contributed by atoms with van der Waals surface area (Å²) in [5.74, 6) is -1.37. The maximum Gasteiger partial charge on any atom is 0.295 e. The van der Waals surface area contributed by atoms with E-state index in [9.17, 15) is 14.7 Å². The first kappa shape index (κ1) is 21.7. The van der Waals surface area contributed by atoms with Crippen molar-refractivity contribution in [3.05, 3.63) is 71.1 Å². The molecular formula is C24H29N3O3. The molecule has 30 heavy (non-hydrogen) atoms. The van der Waals surface area contributed by atoms with Crippen molar-refractivity contribution in [2.45, 2.75) is 33.2 Å². The van der Waals surface area contributed by atoms with Gasteiger partial charge in [0.15, 0.2) is 0 Å². The number of Topliss-reactive ketones (excluding diaryl/α,β-unsaturated/α-hetero) is 1. The van der Waals surface area contributed by atoms with Gasteiger partial charge in [0.25, 0.3) is 11.7 Å². The lowest BCUT2D eigenvalue weighted by Gasteiger charge is -2.26. The van der Waals surface area contributed by atoms with Gasteiger partial charge in [-0.25, -0.2) is 0 Å². The van der Waals surface area contributed by atoms with Gasteiger partial charge in [-0.3, -0.25) is 14.6 Å². The number of ketones is 1. The molecule has 2 aromatic rings. The van der Waals surface area contributed by atoms with Crippen LogP contribution in [0.5, 0.6) is 0 Å². The van der Waals surface area contributed by atoms with E-state index in [1.165, 1.54) is 0 Å². The molecule has 3 rings (SSSR count). The molecule has 1 saturated heterocycles. The number of aryl methyl sites for hydroxylation is 1. The second-order valence-corrected chi connectivity index (χ2v) is 7.53. The number of aromatic nitrogens is 1. The number of rotatable bonds is 8. The molecule has 0 spiro atoms. The van der Waals surface area contributed by atoms with Gasteiger partial charge < -0.3 is 14.9 Å². The first-order chi connectivity index (χ1) is 14.5. The molecule has 6 heteroatoms. The Bertz CT molecular complexity index is 918. The van der Waals surface area contributed by atoms with E-state index in [4.69, 9.17) is 0 Å². The van der Waals surface area contributed by atoms with Gasteiger partial charge in [-0.1, -0.05) is 49.7 Å². The summed E-state index contributed by atoms with van der Waals surface area (Å²) in [6.45, 7) is 9.32. The highest BCUT2D eigenvalue weighted by Gasteiger charge is 2.45. The molecule has 1 aromatic carbocycles. The summed E-state index contributed by atoms with van der Waals surface area (Å²) < 4.78 is 0. The highest BCUT2D eigenvalue weighted by Crippen LogP contribution is 2.39. The van der Waals surface area contributed by atoms with Crippen molar-refractivity contribution < 1.29 is 14.7 Å². The van der Waals surface area contributed by atoms with Gasteiger partial charge in [0.05, 0.1) is 11.6 Å². The number of pyridine rings is 1. The number of aliphatic hydroxyl groups excluding tert-OH is 1. The van der Waals surface area contributed by atoms with Crippen LogP contribution in [0.4, 0.5) is 0 Å². The van der Waals surface area contributed by atoms with Crippen LogP contribution < -0.4 is 0 Å². The zero-order chi connectivity index (χ0) is 21.7. The number of aliphatic hydroxyl groups is 1. The molecule has 1 aliphatic heterocycles. The van der Waals surface area contributed by atoms with Crippen molar-refractivity contribution in [2.24, 2.45) is 0 Å². The van der Waals surface area contributed by atoms with Crippen molar-refractivity contribution in [3.8, 4) is 0 Å². The summed E-state index contributed by atoms with van der Waals surface area (Å²) in [6, 6.07) is 10.2. The molecule has 0 aliphatic carbocycles. The van der Waals surface area contributed by atoms with Crippen LogP contribution in [0, 0.1) is 6.92 Å². The van der Waals surface area contributed by atoms with E-state index < -0.39 is 17.7 Å². The van der Waals surface area contributed by atoms with Crippen LogP contribution in [-0.2, 0) is 9.59 Å². The molecule has 0 radical (unpaired) electrons. The van der Waals surface area contributed by atoms with Crippen LogP contribution >= 0.6 is 0 Å². The lowest BCUT2D eigenvalue weighted by molar-refractivity contribution is -0.140. The van der Waals surface area contributed by atoms with Gasteiger partial charge in [0.2, 0.25) is 0 Å². The van der Waals surface area contributed by atoms with Crippen molar-refractivity contribution >= 4 is 17.4 Å². The molecule has 1 amide bonds. The van der Waals surface area contributed by atoms with Crippen molar-refractivity contribution in [2.75, 3.05) is 26.2 Å². The third kappa shape index (κ3) is 4.44. The fourth-order valence-electron chi connectivity index (χ4n) is 3.87. The zero-order valence-electron chi connectivity index (χ0n) is 17.8. The third-order valence-corrected chi connectivity index (χ3v) is 5.63. The fraction of sp³-hybridized carbons (Fsp3) is 0.375. The molecule has 1 aliphatic rings. The van der Waals surface area contributed by atoms with Crippen molar-refractivity contribution in [1.82, 2.24) is 14.8 Å². The average molecular weight is 408 g/mol. The second kappa shape index (κ2) is 9.67. The Morgan fingerprint density at radius 1 is 1.13 bits per heavy atom. The minimum absolute atomic E-state index is 0.125. The molecule has 0 saturated carbocycles. The fourth-order valence-corrected chi connectivity index (χ4v) is 3.87. The lowest BCUT2D eigenvalue weighted by atomic mass is 9.96. The molecule has 2 heterocycles. The van der Waals surface area contributed by atoms with E-state index in [2.05, 4.69) is 23.7 Å². The number of likely N-dealkylation sites (tertiary alicyclic amines) is 1. The van der Waals surface area contributed by atoms with E-state index in [0.29, 0.717) is 17.7 Å². The van der Waals surface area contributed by atoms with Crippen LogP contribution in [0.15, 0.2) is 54.4 Å². The normalized spacial score (nSPS) is 18.4. The van der Waals surface area contributed by atoms with E-state index in [-0.39, 0.29) is 11.3 Å². The van der Waals surface area contributed by atoms with Crippen LogP contribution in [0.3, 0.4) is 0 Å². The topological polar surface area (TPSA) is 73.7 Å². The molecule has 1 atom stereocenters. The molecule has 1 N–H and O–H groups in total. The number of carbonyl (C=O) groups is 2. The van der Waals surface area contributed by atoms with Gasteiger partial charge in [0, 0.05) is 24.5 Å². The Balaban J connectivity index is 1.99. The predicted octanol–water partition coefficient (Wildman–Crippen LogP) is 3.54. The molecule has 0 bridgehead atoms. The Morgan fingerprint density at radius 3 is 2.43 bits per heavy atom. The van der Waals surface area contributed by atoms with Crippen molar-refractivity contribution in [1.29, 1.82) is 0 Å². The smallest absolute Gasteiger partial charge is 0.295 e. The highest BCUT2D eigenvalue weighted by molar-refractivity contribution is 6.46. The van der Waals surface area contributed by atoms with E-state index in [1.54, 1.807) is 35.5 Å². The molecule has 0 unspecified atom stereocenters. The van der Waals surface area contributed by atoms with E-state index in [0.717, 1.165) is 31.6 Å². The minimum atomic E-state index is -0.648. The summed E-state index contributed by atoms with van der Waals surface area (Å²) in [4.78, 5) is 33.9. The first-order valence-corrected chi connectivity index (χ1v) is 10.5. The maximum atomic E-state index is 13.0. The molecular weight excluding hydrogens is 378 g/mol. The largest absolute Gasteiger partial charge is 0.507 e. The Morgan fingerprint density at radius 2 is 1.83 bits per heavy atom. The number of benzene rings is 1. The van der Waals surface area contributed by atoms with Gasteiger partial charge in [-0.05, 0) is 44.6 Å². The molecule has 6 nitrogen and oxygen atoms in total. The average Bonchev–Trinajstić information content (AvgIpc) is 3.02. The Labute approximate surface area is 177 Å².